The lowest BCUT2D eigenvalue weighted by atomic mass is 10.0. The van der Waals surface area contributed by atoms with Crippen LogP contribution in [-0.2, 0) is 14.4 Å². The molecule has 110 valence electrons. The Morgan fingerprint density at radius 1 is 1.30 bits per heavy atom. The predicted octanol–water partition coefficient (Wildman–Crippen LogP) is 1.33. The van der Waals surface area contributed by atoms with Crippen LogP contribution < -0.4 is 15.5 Å². The highest BCUT2D eigenvalue weighted by Gasteiger charge is 2.20. The molecular weight excluding hydrogens is 260 g/mol. The first-order valence-electron chi connectivity index (χ1n) is 6.39. The first-order valence-corrected chi connectivity index (χ1v) is 6.39. The normalized spacial score (nSPS) is 11.6. The summed E-state index contributed by atoms with van der Waals surface area (Å²) in [5, 5.41) is 2.75. The van der Waals surface area contributed by atoms with Gasteiger partial charge >= 0.3 is 0 Å². The van der Waals surface area contributed by atoms with Gasteiger partial charge in [-0.15, -0.1) is 0 Å². The van der Waals surface area contributed by atoms with Gasteiger partial charge in [0.2, 0.25) is 11.8 Å². The predicted molar refractivity (Wildman–Crippen MR) is 73.9 cm³/mol. The van der Waals surface area contributed by atoms with Gasteiger partial charge in [-0.25, -0.2) is 5.48 Å². The molecule has 0 aliphatic rings. The molecule has 1 aromatic rings. The number of hydroxylamine groups is 1. The smallest absolute Gasteiger partial charge is 0.245 e. The first kappa shape index (κ1) is 16.0. The maximum absolute atomic E-state index is 11.6. The van der Waals surface area contributed by atoms with Crippen molar-refractivity contribution < 1.29 is 19.2 Å². The van der Waals surface area contributed by atoms with Crippen molar-refractivity contribution in [3.63, 3.8) is 0 Å². The molecule has 1 unspecified atom stereocenters. The monoisotopic (exact) mass is 280 g/mol. The molecule has 0 saturated carbocycles. The Kier molecular flexibility index (Phi) is 6.52. The Labute approximate surface area is 118 Å². The highest BCUT2D eigenvalue weighted by molar-refractivity contribution is 5.78. The summed E-state index contributed by atoms with van der Waals surface area (Å²) in [6.07, 6.45) is 0.0670. The Morgan fingerprint density at radius 3 is 2.60 bits per heavy atom. The number of rotatable bonds is 7. The molecule has 0 aromatic heterocycles. The molecule has 0 aliphatic carbocycles. The van der Waals surface area contributed by atoms with Gasteiger partial charge in [-0.05, 0) is 13.0 Å². The van der Waals surface area contributed by atoms with Gasteiger partial charge in [-0.2, -0.15) is 0 Å². The Bertz CT molecular complexity index is 462. The van der Waals surface area contributed by atoms with Crippen molar-refractivity contribution in [3.05, 3.63) is 29.8 Å². The molecule has 6 heteroatoms. The van der Waals surface area contributed by atoms with Crippen LogP contribution in [0.15, 0.2) is 24.3 Å². The van der Waals surface area contributed by atoms with Gasteiger partial charge in [0.1, 0.15) is 5.75 Å². The molecule has 0 radical (unpaired) electrons. The van der Waals surface area contributed by atoms with Gasteiger partial charge in [0.25, 0.3) is 0 Å². The zero-order valence-corrected chi connectivity index (χ0v) is 11.9. The van der Waals surface area contributed by atoms with Gasteiger partial charge in [-0.3, -0.25) is 14.4 Å². The van der Waals surface area contributed by atoms with E-state index in [-0.39, 0.29) is 18.2 Å². The average molecular weight is 280 g/mol. The molecule has 6 nitrogen and oxygen atoms in total. The summed E-state index contributed by atoms with van der Waals surface area (Å²) in [7, 11) is 1.36. The minimum atomic E-state index is -0.467. The van der Waals surface area contributed by atoms with Crippen LogP contribution >= 0.6 is 0 Å². The molecule has 2 N–H and O–H groups in total. The van der Waals surface area contributed by atoms with Crippen LogP contribution in [0.4, 0.5) is 0 Å². The molecule has 20 heavy (non-hydrogen) atoms. The summed E-state index contributed by atoms with van der Waals surface area (Å²) in [4.78, 5) is 27.5. The van der Waals surface area contributed by atoms with Crippen LogP contribution in [0.3, 0.4) is 0 Å². The molecule has 0 spiro atoms. The molecule has 0 bridgehead atoms. The Hall–Kier alpha value is -2.08. The second kappa shape index (κ2) is 8.16. The third-order valence-electron chi connectivity index (χ3n) is 2.58. The summed E-state index contributed by atoms with van der Waals surface area (Å²) in [5.41, 5.74) is 3.00. The van der Waals surface area contributed by atoms with E-state index in [2.05, 4.69) is 15.6 Å². The van der Waals surface area contributed by atoms with E-state index in [9.17, 15) is 9.59 Å². The fourth-order valence-electron chi connectivity index (χ4n) is 1.88. The number of hydrogen-bond acceptors (Lipinski definition) is 4. The standard InChI is InChI=1S/C14H20N2O4/c1-4-20-13-8-6-5-7-11(13)12(15-10(2)17)9-14(18)16-19-3/h5-8,12H,4,9H2,1-3H3,(H,15,17)(H,16,18). The Morgan fingerprint density at radius 2 is 2.00 bits per heavy atom. The lowest BCUT2D eigenvalue weighted by Gasteiger charge is -2.20. The second-order valence-electron chi connectivity index (χ2n) is 4.16. The van der Waals surface area contributed by atoms with E-state index in [1.807, 2.05) is 31.2 Å². The maximum Gasteiger partial charge on any atom is 0.245 e. The number of hydrogen-bond donors (Lipinski definition) is 2. The lowest BCUT2D eigenvalue weighted by molar-refractivity contribution is -0.132. The van der Waals surface area contributed by atoms with E-state index in [4.69, 9.17) is 4.74 Å². The third kappa shape index (κ3) is 4.89. The quantitative estimate of drug-likeness (QED) is 0.739. The molecule has 0 heterocycles. The highest BCUT2D eigenvalue weighted by Crippen LogP contribution is 2.27. The third-order valence-corrected chi connectivity index (χ3v) is 2.58. The number of amides is 2. The van der Waals surface area contributed by atoms with Crippen molar-refractivity contribution in [2.24, 2.45) is 0 Å². The highest BCUT2D eigenvalue weighted by atomic mass is 16.6. The van der Waals surface area contributed by atoms with Crippen molar-refractivity contribution in [2.45, 2.75) is 26.3 Å². The SMILES string of the molecule is CCOc1ccccc1C(CC(=O)NOC)NC(C)=O. The van der Waals surface area contributed by atoms with Crippen molar-refractivity contribution in [1.29, 1.82) is 0 Å². The van der Waals surface area contributed by atoms with Crippen LogP contribution in [0.5, 0.6) is 5.75 Å². The molecule has 1 aromatic carbocycles. The first-order chi connectivity index (χ1) is 9.58. The summed E-state index contributed by atoms with van der Waals surface area (Å²) in [6.45, 7) is 3.79. The molecule has 1 atom stereocenters. The molecule has 1 rings (SSSR count). The second-order valence-corrected chi connectivity index (χ2v) is 4.16. The fraction of sp³-hybridized carbons (Fsp3) is 0.429. The van der Waals surface area contributed by atoms with E-state index >= 15 is 0 Å². The number of carbonyl (C=O) groups excluding carboxylic acids is 2. The summed E-state index contributed by atoms with van der Waals surface area (Å²) in [6, 6.07) is 6.84. The van der Waals surface area contributed by atoms with E-state index in [0.717, 1.165) is 5.56 Å². The molecule has 0 aliphatic heterocycles. The van der Waals surface area contributed by atoms with Crippen molar-refractivity contribution >= 4 is 11.8 Å². The molecule has 0 saturated heterocycles. The van der Waals surface area contributed by atoms with Crippen molar-refractivity contribution in [3.8, 4) is 5.75 Å². The number of ether oxygens (including phenoxy) is 1. The number of benzene rings is 1. The minimum absolute atomic E-state index is 0.0670. The molecule has 0 fully saturated rings. The maximum atomic E-state index is 11.6. The van der Waals surface area contributed by atoms with Gasteiger partial charge in [0, 0.05) is 12.5 Å². The number of nitrogens with one attached hydrogen (secondary N) is 2. The zero-order valence-electron chi connectivity index (χ0n) is 11.9. The van der Waals surface area contributed by atoms with Crippen LogP contribution in [0.25, 0.3) is 0 Å². The van der Waals surface area contributed by atoms with Gasteiger partial charge < -0.3 is 10.1 Å². The molecular formula is C14H20N2O4. The largest absolute Gasteiger partial charge is 0.494 e. The van der Waals surface area contributed by atoms with Gasteiger partial charge in [0.05, 0.1) is 26.2 Å². The lowest BCUT2D eigenvalue weighted by Crippen LogP contribution is -2.32. The van der Waals surface area contributed by atoms with Crippen LogP contribution in [0.1, 0.15) is 31.9 Å². The number of para-hydroxylation sites is 1. The summed E-state index contributed by atoms with van der Waals surface area (Å²) < 4.78 is 5.53. The summed E-state index contributed by atoms with van der Waals surface area (Å²) in [5.74, 6) is 0.114. The summed E-state index contributed by atoms with van der Waals surface area (Å²) >= 11 is 0. The zero-order chi connectivity index (χ0) is 15.0. The van der Waals surface area contributed by atoms with Crippen LogP contribution in [-0.4, -0.2) is 25.5 Å². The van der Waals surface area contributed by atoms with Crippen LogP contribution in [0.2, 0.25) is 0 Å². The van der Waals surface area contributed by atoms with E-state index < -0.39 is 6.04 Å². The fourth-order valence-corrected chi connectivity index (χ4v) is 1.88. The number of carbonyl (C=O) groups is 2. The van der Waals surface area contributed by atoms with Crippen molar-refractivity contribution in [2.75, 3.05) is 13.7 Å². The molecule has 2 amide bonds. The van der Waals surface area contributed by atoms with E-state index in [1.54, 1.807) is 0 Å². The van der Waals surface area contributed by atoms with E-state index in [0.29, 0.717) is 12.4 Å². The van der Waals surface area contributed by atoms with Crippen LogP contribution in [0, 0.1) is 0 Å². The van der Waals surface area contributed by atoms with Gasteiger partial charge in [-0.1, -0.05) is 18.2 Å². The average Bonchev–Trinajstić information content (AvgIpc) is 2.39. The Balaban J connectivity index is 2.97. The van der Waals surface area contributed by atoms with Gasteiger partial charge in [0.15, 0.2) is 0 Å². The topological polar surface area (TPSA) is 76.7 Å². The van der Waals surface area contributed by atoms with Crippen molar-refractivity contribution in [1.82, 2.24) is 10.8 Å². The van der Waals surface area contributed by atoms with E-state index in [1.165, 1.54) is 14.0 Å². The minimum Gasteiger partial charge on any atom is -0.494 e.